The summed E-state index contributed by atoms with van der Waals surface area (Å²) >= 11 is 0. The topological polar surface area (TPSA) is 33.1 Å². The van der Waals surface area contributed by atoms with Gasteiger partial charge < -0.3 is 5.11 Å². The van der Waals surface area contributed by atoms with Crippen LogP contribution in [-0.2, 0) is 25.7 Å². The quantitative estimate of drug-likeness (QED) is 0.912. The van der Waals surface area contributed by atoms with Gasteiger partial charge in [0.15, 0.2) is 0 Å². The molecule has 0 saturated heterocycles. The maximum atomic E-state index is 10.8. The largest absolute Gasteiger partial charge is 0.389 e. The third-order valence-electron chi connectivity index (χ3n) is 3.96. The van der Waals surface area contributed by atoms with Crippen LogP contribution in [0.2, 0.25) is 0 Å². The minimum absolute atomic E-state index is 0.631. The van der Waals surface area contributed by atoms with Gasteiger partial charge in [-0.1, -0.05) is 37.3 Å². The smallest absolute Gasteiger partial charge is 0.0783 e. The molecule has 0 fully saturated rings. The van der Waals surface area contributed by atoms with E-state index in [1.54, 1.807) is 0 Å². The molecule has 0 bridgehead atoms. The zero-order valence-electron chi connectivity index (χ0n) is 11.3. The number of aryl methyl sites for hydroxylation is 1. The Bertz CT molecular complexity index is 549. The molecular formula is C17H19NO. The highest BCUT2D eigenvalue weighted by Crippen LogP contribution is 2.32. The summed E-state index contributed by atoms with van der Waals surface area (Å²) in [6, 6.07) is 12.5. The number of aromatic nitrogens is 1. The molecule has 1 N–H and O–H groups in total. The normalized spacial score (nSPS) is 16.3. The lowest BCUT2D eigenvalue weighted by molar-refractivity contribution is 0.0508. The third kappa shape index (κ3) is 2.54. The van der Waals surface area contributed by atoms with Crippen molar-refractivity contribution in [2.45, 2.75) is 38.2 Å². The summed E-state index contributed by atoms with van der Waals surface area (Å²) < 4.78 is 0. The Balaban J connectivity index is 1.77. The first-order valence-electron chi connectivity index (χ1n) is 6.91. The van der Waals surface area contributed by atoms with Gasteiger partial charge in [-0.2, -0.15) is 0 Å². The van der Waals surface area contributed by atoms with Crippen molar-refractivity contribution in [1.29, 1.82) is 0 Å². The van der Waals surface area contributed by atoms with Gasteiger partial charge in [-0.25, -0.2) is 0 Å². The van der Waals surface area contributed by atoms with Crippen molar-refractivity contribution in [2.75, 3.05) is 0 Å². The van der Waals surface area contributed by atoms with Crippen LogP contribution in [0.3, 0.4) is 0 Å². The third-order valence-corrected chi connectivity index (χ3v) is 3.96. The van der Waals surface area contributed by atoms with E-state index >= 15 is 0 Å². The molecule has 1 heterocycles. The van der Waals surface area contributed by atoms with Crippen molar-refractivity contribution in [2.24, 2.45) is 0 Å². The SMILES string of the molecule is CCc1ccc(CC2(O)Cc3ccccc3C2)nc1. The van der Waals surface area contributed by atoms with Crippen LogP contribution < -0.4 is 0 Å². The molecule has 0 atom stereocenters. The molecule has 1 aromatic heterocycles. The molecular weight excluding hydrogens is 234 g/mol. The van der Waals surface area contributed by atoms with Crippen molar-refractivity contribution >= 4 is 0 Å². The van der Waals surface area contributed by atoms with Gasteiger partial charge in [-0.3, -0.25) is 4.98 Å². The maximum absolute atomic E-state index is 10.8. The second-order valence-electron chi connectivity index (χ2n) is 5.53. The predicted octanol–water partition coefficient (Wildman–Crippen LogP) is 2.72. The Morgan fingerprint density at radius 3 is 2.32 bits per heavy atom. The predicted molar refractivity (Wildman–Crippen MR) is 76.1 cm³/mol. The lowest BCUT2D eigenvalue weighted by Crippen LogP contribution is -2.32. The molecule has 0 aliphatic heterocycles. The number of hydrogen-bond donors (Lipinski definition) is 1. The van der Waals surface area contributed by atoms with Crippen LogP contribution in [0.25, 0.3) is 0 Å². The number of aliphatic hydroxyl groups is 1. The Hall–Kier alpha value is -1.67. The molecule has 19 heavy (non-hydrogen) atoms. The van der Waals surface area contributed by atoms with Crippen LogP contribution in [0.5, 0.6) is 0 Å². The minimum atomic E-state index is -0.662. The van der Waals surface area contributed by atoms with E-state index in [1.165, 1.54) is 16.7 Å². The number of fused-ring (bicyclic) bond motifs is 1. The van der Waals surface area contributed by atoms with Gasteiger partial charge >= 0.3 is 0 Å². The Morgan fingerprint density at radius 2 is 1.79 bits per heavy atom. The summed E-state index contributed by atoms with van der Waals surface area (Å²) in [5, 5.41) is 10.8. The average molecular weight is 253 g/mol. The molecule has 2 heteroatoms. The second-order valence-corrected chi connectivity index (χ2v) is 5.53. The molecule has 0 spiro atoms. The van der Waals surface area contributed by atoms with Crippen LogP contribution >= 0.6 is 0 Å². The zero-order chi connectivity index (χ0) is 13.3. The lowest BCUT2D eigenvalue weighted by atomic mass is 9.94. The zero-order valence-corrected chi connectivity index (χ0v) is 11.3. The lowest BCUT2D eigenvalue weighted by Gasteiger charge is -2.21. The van der Waals surface area contributed by atoms with Gasteiger partial charge in [0.25, 0.3) is 0 Å². The molecule has 1 aliphatic carbocycles. The first-order chi connectivity index (χ1) is 9.18. The highest BCUT2D eigenvalue weighted by molar-refractivity contribution is 5.36. The Morgan fingerprint density at radius 1 is 1.11 bits per heavy atom. The summed E-state index contributed by atoms with van der Waals surface area (Å²) in [6.45, 7) is 2.12. The molecule has 0 radical (unpaired) electrons. The summed E-state index contributed by atoms with van der Waals surface area (Å²) in [7, 11) is 0. The highest BCUT2D eigenvalue weighted by atomic mass is 16.3. The van der Waals surface area contributed by atoms with Gasteiger partial charge in [0.05, 0.1) is 5.60 Å². The van der Waals surface area contributed by atoms with E-state index in [2.05, 4.69) is 30.1 Å². The van der Waals surface area contributed by atoms with E-state index in [9.17, 15) is 5.11 Å². The molecule has 0 unspecified atom stereocenters. The number of hydrogen-bond acceptors (Lipinski definition) is 2. The van der Waals surface area contributed by atoms with E-state index in [0.29, 0.717) is 6.42 Å². The molecule has 1 aliphatic rings. The van der Waals surface area contributed by atoms with E-state index in [0.717, 1.165) is 25.0 Å². The molecule has 2 aromatic rings. The first-order valence-corrected chi connectivity index (χ1v) is 6.91. The van der Waals surface area contributed by atoms with Gasteiger partial charge in [0.2, 0.25) is 0 Å². The maximum Gasteiger partial charge on any atom is 0.0783 e. The fraction of sp³-hybridized carbons (Fsp3) is 0.353. The molecule has 1 aromatic carbocycles. The number of benzene rings is 1. The summed E-state index contributed by atoms with van der Waals surface area (Å²) in [5.41, 5.74) is 4.10. The van der Waals surface area contributed by atoms with Crippen molar-refractivity contribution in [3.8, 4) is 0 Å². The molecule has 0 amide bonds. The number of rotatable bonds is 3. The van der Waals surface area contributed by atoms with E-state index in [1.807, 2.05) is 24.4 Å². The minimum Gasteiger partial charge on any atom is -0.389 e. The van der Waals surface area contributed by atoms with Crippen LogP contribution in [0.1, 0.15) is 29.3 Å². The van der Waals surface area contributed by atoms with E-state index in [4.69, 9.17) is 0 Å². The van der Waals surface area contributed by atoms with Gasteiger partial charge in [-0.15, -0.1) is 0 Å². The van der Waals surface area contributed by atoms with Crippen molar-refractivity contribution in [1.82, 2.24) is 4.98 Å². The van der Waals surface area contributed by atoms with E-state index in [-0.39, 0.29) is 0 Å². The van der Waals surface area contributed by atoms with Gasteiger partial charge in [0, 0.05) is 31.2 Å². The summed E-state index contributed by atoms with van der Waals surface area (Å²) in [5.74, 6) is 0. The van der Waals surface area contributed by atoms with Crippen LogP contribution in [0, 0.1) is 0 Å². The first kappa shape index (κ1) is 12.4. The van der Waals surface area contributed by atoms with E-state index < -0.39 is 5.60 Å². The average Bonchev–Trinajstić information content (AvgIpc) is 2.75. The van der Waals surface area contributed by atoms with Crippen LogP contribution in [0.4, 0.5) is 0 Å². The molecule has 3 rings (SSSR count). The second kappa shape index (κ2) is 4.78. The molecule has 0 saturated carbocycles. The molecule has 98 valence electrons. The van der Waals surface area contributed by atoms with Gasteiger partial charge in [-0.05, 0) is 29.2 Å². The highest BCUT2D eigenvalue weighted by Gasteiger charge is 2.35. The fourth-order valence-corrected chi connectivity index (χ4v) is 2.90. The monoisotopic (exact) mass is 253 g/mol. The van der Waals surface area contributed by atoms with Crippen LogP contribution in [-0.4, -0.2) is 15.7 Å². The van der Waals surface area contributed by atoms with Gasteiger partial charge in [0.1, 0.15) is 0 Å². The standard InChI is InChI=1S/C17H19NO/c1-2-13-7-8-16(18-12-13)11-17(19)9-14-5-3-4-6-15(14)10-17/h3-8,12,19H,2,9-11H2,1H3. The Labute approximate surface area is 114 Å². The Kier molecular flexibility index (Phi) is 3.11. The molecule has 2 nitrogen and oxygen atoms in total. The van der Waals surface area contributed by atoms with Crippen molar-refractivity contribution in [3.05, 3.63) is 65.0 Å². The van der Waals surface area contributed by atoms with Crippen molar-refractivity contribution < 1.29 is 5.11 Å². The number of pyridine rings is 1. The van der Waals surface area contributed by atoms with Crippen LogP contribution in [0.15, 0.2) is 42.6 Å². The summed E-state index contributed by atoms with van der Waals surface area (Å²) in [4.78, 5) is 4.46. The number of nitrogens with zero attached hydrogens (tertiary/aromatic N) is 1. The fourth-order valence-electron chi connectivity index (χ4n) is 2.90. The summed E-state index contributed by atoms with van der Waals surface area (Å²) in [6.07, 6.45) is 5.02. The van der Waals surface area contributed by atoms with Crippen molar-refractivity contribution in [3.63, 3.8) is 0 Å².